The Kier molecular flexibility index (Phi) is 5.34. The van der Waals surface area contributed by atoms with E-state index >= 15 is 0 Å². The van der Waals surface area contributed by atoms with Crippen molar-refractivity contribution in [3.8, 4) is 0 Å². The summed E-state index contributed by atoms with van der Waals surface area (Å²) in [5, 5.41) is 38.3. The van der Waals surface area contributed by atoms with Crippen LogP contribution < -0.4 is 0 Å². The van der Waals surface area contributed by atoms with Gasteiger partial charge in [-0.05, 0) is 93.4 Å². The highest BCUT2D eigenvalue weighted by Crippen LogP contribution is 2.74. The summed E-state index contributed by atoms with van der Waals surface area (Å²) in [7, 11) is 0. The molecule has 9 rings (SSSR count). The summed E-state index contributed by atoms with van der Waals surface area (Å²) in [6.07, 6.45) is 3.53. The molecule has 0 radical (unpaired) electrons. The van der Waals surface area contributed by atoms with Crippen LogP contribution in [0.3, 0.4) is 0 Å². The third-order valence-corrected chi connectivity index (χ3v) is 15.0. The highest BCUT2D eigenvalue weighted by Gasteiger charge is 2.73. The minimum absolute atomic E-state index is 0.00177. The van der Waals surface area contributed by atoms with Crippen LogP contribution in [0, 0.1) is 29.1 Å². The zero-order valence-electron chi connectivity index (χ0n) is 26.6. The van der Waals surface area contributed by atoms with Crippen LogP contribution in [-0.2, 0) is 26.9 Å². The SMILES string of the molecule is C=C1Cc2c(Cl)cc3[nH]c4c5c3c2[C@@]2(O)C1C[C@@H]2C(C)(C)O[C@H]5[C@@H]1CCC2[C@](C)(CC[C@@H]3O[C@H](C(=C)C)[C@H](O)C[C@]23O)[C@@]41C. The van der Waals surface area contributed by atoms with Gasteiger partial charge in [0.2, 0.25) is 0 Å². The van der Waals surface area contributed by atoms with E-state index in [9.17, 15) is 15.3 Å². The summed E-state index contributed by atoms with van der Waals surface area (Å²) in [6, 6.07) is 2.05. The average Bonchev–Trinajstić information content (AvgIpc) is 3.39. The molecule has 0 amide bonds. The molecule has 44 heavy (non-hydrogen) atoms. The number of halogens is 1. The molecule has 1 saturated heterocycles. The van der Waals surface area contributed by atoms with Crippen molar-refractivity contribution in [2.24, 2.45) is 29.1 Å². The second-order valence-electron chi connectivity index (χ2n) is 16.7. The van der Waals surface area contributed by atoms with E-state index < -0.39 is 29.0 Å². The van der Waals surface area contributed by atoms with E-state index in [4.69, 9.17) is 21.1 Å². The van der Waals surface area contributed by atoms with Gasteiger partial charge >= 0.3 is 0 Å². The Hall–Kier alpha value is -1.67. The number of benzene rings is 1. The molecule has 2 unspecified atom stereocenters. The van der Waals surface area contributed by atoms with Gasteiger partial charge in [0, 0.05) is 56.8 Å². The van der Waals surface area contributed by atoms with Crippen molar-refractivity contribution in [1.82, 2.24) is 4.98 Å². The Morgan fingerprint density at radius 3 is 2.59 bits per heavy atom. The first-order chi connectivity index (χ1) is 20.6. The van der Waals surface area contributed by atoms with Gasteiger partial charge in [-0.25, -0.2) is 0 Å². The number of aliphatic hydroxyl groups excluding tert-OH is 1. The highest BCUT2D eigenvalue weighted by molar-refractivity contribution is 6.32. The van der Waals surface area contributed by atoms with Gasteiger partial charge in [0.25, 0.3) is 0 Å². The molecule has 5 aliphatic carbocycles. The molecule has 7 heteroatoms. The minimum Gasteiger partial charge on any atom is -0.390 e. The second-order valence-corrected chi connectivity index (χ2v) is 17.1. The molecule has 7 aliphatic rings. The average molecular weight is 620 g/mol. The topological polar surface area (TPSA) is 94.9 Å². The van der Waals surface area contributed by atoms with E-state index in [1.54, 1.807) is 0 Å². The van der Waals surface area contributed by atoms with Crippen molar-refractivity contribution in [1.29, 1.82) is 0 Å². The van der Waals surface area contributed by atoms with E-state index in [2.05, 4.69) is 51.9 Å². The Morgan fingerprint density at radius 1 is 1.11 bits per heavy atom. The fourth-order valence-corrected chi connectivity index (χ4v) is 12.8. The number of rotatable bonds is 1. The highest BCUT2D eigenvalue weighted by atomic mass is 35.5. The van der Waals surface area contributed by atoms with Gasteiger partial charge in [-0.1, -0.05) is 44.2 Å². The molecule has 12 atom stereocenters. The van der Waals surface area contributed by atoms with Crippen molar-refractivity contribution in [3.05, 3.63) is 57.8 Å². The molecule has 3 saturated carbocycles. The number of fused-ring (bicyclic) bond motifs is 7. The van der Waals surface area contributed by atoms with Crippen LogP contribution >= 0.6 is 11.6 Å². The first kappa shape index (κ1) is 28.5. The lowest BCUT2D eigenvalue weighted by Gasteiger charge is -2.66. The van der Waals surface area contributed by atoms with Gasteiger partial charge in [-0.2, -0.15) is 0 Å². The van der Waals surface area contributed by atoms with Crippen LogP contribution in [0.25, 0.3) is 10.9 Å². The predicted molar refractivity (Wildman–Crippen MR) is 170 cm³/mol. The Morgan fingerprint density at radius 2 is 1.86 bits per heavy atom. The molecule has 236 valence electrons. The van der Waals surface area contributed by atoms with E-state index in [-0.39, 0.29) is 46.7 Å². The molecule has 4 fully saturated rings. The maximum atomic E-state index is 12.8. The number of aromatic amines is 1. The third kappa shape index (κ3) is 2.91. The summed E-state index contributed by atoms with van der Waals surface area (Å²) in [6.45, 7) is 19.5. The molecular formula is C37H46ClNO5. The number of H-pyrrole nitrogens is 1. The minimum atomic E-state index is -1.13. The van der Waals surface area contributed by atoms with Crippen LogP contribution in [0.2, 0.25) is 5.02 Å². The Balaban J connectivity index is 1.26. The molecule has 3 heterocycles. The number of nitrogens with one attached hydrogen (secondary N) is 1. The molecule has 1 aromatic carbocycles. The van der Waals surface area contributed by atoms with Crippen LogP contribution in [0.4, 0.5) is 0 Å². The van der Waals surface area contributed by atoms with Gasteiger partial charge in [-0.3, -0.25) is 0 Å². The molecule has 6 nitrogen and oxygen atoms in total. The summed E-state index contributed by atoms with van der Waals surface area (Å²) < 4.78 is 13.8. The van der Waals surface area contributed by atoms with Gasteiger partial charge < -0.3 is 29.8 Å². The molecule has 0 spiro atoms. The van der Waals surface area contributed by atoms with Crippen molar-refractivity contribution >= 4 is 22.5 Å². The first-order valence-electron chi connectivity index (χ1n) is 16.8. The van der Waals surface area contributed by atoms with E-state index in [1.807, 2.05) is 6.92 Å². The van der Waals surface area contributed by atoms with Crippen molar-refractivity contribution in [2.75, 3.05) is 0 Å². The molecule has 4 N–H and O–H groups in total. The Labute approximate surface area is 264 Å². The first-order valence-corrected chi connectivity index (χ1v) is 17.1. The number of hydrogen-bond donors (Lipinski definition) is 4. The van der Waals surface area contributed by atoms with Gasteiger partial charge in [-0.15, -0.1) is 0 Å². The van der Waals surface area contributed by atoms with Crippen LogP contribution in [0.1, 0.15) is 102 Å². The van der Waals surface area contributed by atoms with Gasteiger partial charge in [0.15, 0.2) is 0 Å². The molecule has 0 bridgehead atoms. The van der Waals surface area contributed by atoms with Crippen molar-refractivity contribution < 1.29 is 24.8 Å². The standard InChI is InChI=1S/C37H46ClNO5/c1-16(2)30-23(40)15-36(41)24-9-8-19-31-28-27-22(39-32(28)35(19,7)34(24,6)11-10-26(36)43-30)14-21(38)18-12-17(3)20-13-25(33(4,5)44-31)37(20,42)29(18)27/h14,19-20,23-26,30-31,39-42H,1,3,8-13,15H2,2,4-7H3/t19-,20?,23+,24?,25+,26-,30+,31-,34-,35+,36-,37+/m0/s1. The quantitative estimate of drug-likeness (QED) is 0.272. The lowest BCUT2D eigenvalue weighted by atomic mass is 9.42. The number of hydrogen-bond acceptors (Lipinski definition) is 5. The lowest BCUT2D eigenvalue weighted by molar-refractivity contribution is -0.286. The number of ether oxygens (including phenoxy) is 2. The van der Waals surface area contributed by atoms with Crippen LogP contribution in [-0.4, -0.2) is 49.8 Å². The summed E-state index contributed by atoms with van der Waals surface area (Å²) >= 11 is 7.05. The molecule has 2 aromatic rings. The van der Waals surface area contributed by atoms with E-state index in [0.29, 0.717) is 17.9 Å². The maximum Gasteiger partial charge on any atom is 0.104 e. The predicted octanol–water partition coefficient (Wildman–Crippen LogP) is 6.53. The van der Waals surface area contributed by atoms with E-state index in [0.717, 1.165) is 65.3 Å². The lowest BCUT2D eigenvalue weighted by Crippen LogP contribution is -2.70. The monoisotopic (exact) mass is 619 g/mol. The third-order valence-electron chi connectivity index (χ3n) is 14.7. The molecular weight excluding hydrogens is 574 g/mol. The fraction of sp³-hybridized carbons (Fsp3) is 0.676. The Bertz CT molecular complexity index is 1690. The summed E-state index contributed by atoms with van der Waals surface area (Å²) in [5.74, 6) is 0.0787. The van der Waals surface area contributed by atoms with E-state index in [1.165, 1.54) is 11.3 Å². The maximum absolute atomic E-state index is 12.8. The van der Waals surface area contributed by atoms with Crippen LogP contribution in [0.5, 0.6) is 0 Å². The van der Waals surface area contributed by atoms with Crippen molar-refractivity contribution in [2.45, 2.75) is 126 Å². The second kappa shape index (κ2) is 8.24. The van der Waals surface area contributed by atoms with Crippen LogP contribution in [0.15, 0.2) is 30.4 Å². The normalized spacial score (nSPS) is 49.3. The fourth-order valence-electron chi connectivity index (χ4n) is 12.5. The smallest absolute Gasteiger partial charge is 0.104 e. The van der Waals surface area contributed by atoms with Gasteiger partial charge in [0.1, 0.15) is 11.7 Å². The van der Waals surface area contributed by atoms with Crippen molar-refractivity contribution in [3.63, 3.8) is 0 Å². The summed E-state index contributed by atoms with van der Waals surface area (Å²) in [5.41, 5.74) is 3.83. The van der Waals surface area contributed by atoms with Gasteiger partial charge in [0.05, 0.1) is 29.5 Å². The summed E-state index contributed by atoms with van der Waals surface area (Å²) in [4.78, 5) is 3.91. The number of aliphatic hydroxyl groups is 3. The molecule has 1 aromatic heterocycles. The largest absolute Gasteiger partial charge is 0.390 e. The zero-order chi connectivity index (χ0) is 31.1. The zero-order valence-corrected chi connectivity index (χ0v) is 27.4. The molecule has 2 aliphatic heterocycles. The number of aromatic nitrogens is 1.